The van der Waals surface area contributed by atoms with Crippen LogP contribution in [-0.2, 0) is 6.42 Å². The van der Waals surface area contributed by atoms with Gasteiger partial charge in [0, 0.05) is 6.54 Å². The number of hydrogen-bond acceptors (Lipinski definition) is 2. The van der Waals surface area contributed by atoms with Crippen molar-refractivity contribution in [3.05, 3.63) is 29.6 Å². The maximum atomic E-state index is 13.6. The van der Waals surface area contributed by atoms with Gasteiger partial charge >= 0.3 is 0 Å². The van der Waals surface area contributed by atoms with Gasteiger partial charge < -0.3 is 10.1 Å². The molecule has 0 aliphatic carbocycles. The van der Waals surface area contributed by atoms with E-state index in [0.717, 1.165) is 31.5 Å². The molecule has 0 radical (unpaired) electrons. The Labute approximate surface area is 110 Å². The molecule has 3 heteroatoms. The van der Waals surface area contributed by atoms with E-state index < -0.39 is 0 Å². The Balaban J connectivity index is 2.78. The molecule has 2 nitrogen and oxygen atoms in total. The van der Waals surface area contributed by atoms with Gasteiger partial charge in [-0.25, -0.2) is 4.39 Å². The zero-order valence-corrected chi connectivity index (χ0v) is 11.8. The fourth-order valence-electron chi connectivity index (χ4n) is 2.05. The van der Waals surface area contributed by atoms with E-state index in [-0.39, 0.29) is 11.2 Å². The first-order valence-electron chi connectivity index (χ1n) is 6.57. The Morgan fingerprint density at radius 3 is 2.56 bits per heavy atom. The van der Waals surface area contributed by atoms with Crippen molar-refractivity contribution in [1.82, 2.24) is 5.32 Å². The summed E-state index contributed by atoms with van der Waals surface area (Å²) in [5.74, 6) is 0.0283. The summed E-state index contributed by atoms with van der Waals surface area (Å²) in [5.41, 5.74) is 1.19. The SMILES string of the molecule is CCNCC(C)(CC)Cc1ccc(OC)c(F)c1. The molecule has 1 aromatic carbocycles. The largest absolute Gasteiger partial charge is 0.494 e. The molecule has 0 aliphatic heterocycles. The van der Waals surface area contributed by atoms with Gasteiger partial charge in [0.25, 0.3) is 0 Å². The molecule has 0 fully saturated rings. The average Bonchev–Trinajstić information content (AvgIpc) is 2.37. The number of benzene rings is 1. The Morgan fingerprint density at radius 1 is 1.33 bits per heavy atom. The van der Waals surface area contributed by atoms with Crippen LogP contribution in [0.3, 0.4) is 0 Å². The average molecular weight is 253 g/mol. The zero-order chi connectivity index (χ0) is 13.6. The minimum absolute atomic E-state index is 0.164. The smallest absolute Gasteiger partial charge is 0.165 e. The second-order valence-electron chi connectivity index (χ2n) is 5.09. The van der Waals surface area contributed by atoms with Crippen molar-refractivity contribution in [1.29, 1.82) is 0 Å². The number of nitrogens with one attached hydrogen (secondary N) is 1. The van der Waals surface area contributed by atoms with Crippen LogP contribution in [0, 0.1) is 11.2 Å². The summed E-state index contributed by atoms with van der Waals surface area (Å²) in [6, 6.07) is 5.23. The Morgan fingerprint density at radius 2 is 2.06 bits per heavy atom. The van der Waals surface area contributed by atoms with Gasteiger partial charge in [-0.1, -0.05) is 26.8 Å². The maximum Gasteiger partial charge on any atom is 0.165 e. The first kappa shape index (κ1) is 15.0. The standard InChI is InChI=1S/C15H24FNO/c1-5-15(3,11-17-6-2)10-12-7-8-14(18-4)13(16)9-12/h7-9,17H,5-6,10-11H2,1-4H3. The third kappa shape index (κ3) is 3.98. The monoisotopic (exact) mass is 253 g/mol. The molecule has 18 heavy (non-hydrogen) atoms. The molecule has 1 aromatic rings. The minimum Gasteiger partial charge on any atom is -0.494 e. The summed E-state index contributed by atoms with van der Waals surface area (Å²) < 4.78 is 18.6. The number of halogens is 1. The van der Waals surface area contributed by atoms with E-state index in [2.05, 4.69) is 26.1 Å². The van der Waals surface area contributed by atoms with E-state index in [1.807, 2.05) is 6.07 Å². The van der Waals surface area contributed by atoms with Gasteiger partial charge in [-0.05, 0) is 42.5 Å². The quantitative estimate of drug-likeness (QED) is 0.804. The van der Waals surface area contributed by atoms with Crippen LogP contribution in [-0.4, -0.2) is 20.2 Å². The maximum absolute atomic E-state index is 13.6. The van der Waals surface area contributed by atoms with Crippen molar-refractivity contribution < 1.29 is 9.13 Å². The number of ether oxygens (including phenoxy) is 1. The number of methoxy groups -OCH3 is 1. The molecule has 1 N–H and O–H groups in total. The Hall–Kier alpha value is -1.09. The van der Waals surface area contributed by atoms with Gasteiger partial charge in [0.1, 0.15) is 0 Å². The summed E-state index contributed by atoms with van der Waals surface area (Å²) >= 11 is 0. The first-order valence-corrected chi connectivity index (χ1v) is 6.57. The van der Waals surface area contributed by atoms with Crippen LogP contribution in [0.5, 0.6) is 5.75 Å². The highest BCUT2D eigenvalue weighted by atomic mass is 19.1. The lowest BCUT2D eigenvalue weighted by atomic mass is 9.81. The predicted molar refractivity (Wildman–Crippen MR) is 73.6 cm³/mol. The van der Waals surface area contributed by atoms with E-state index in [1.165, 1.54) is 7.11 Å². The lowest BCUT2D eigenvalue weighted by molar-refractivity contribution is 0.292. The van der Waals surface area contributed by atoms with E-state index in [9.17, 15) is 4.39 Å². The highest BCUT2D eigenvalue weighted by Gasteiger charge is 2.22. The molecule has 0 aliphatic rings. The van der Waals surface area contributed by atoms with Gasteiger partial charge in [-0.2, -0.15) is 0 Å². The highest BCUT2D eigenvalue weighted by molar-refractivity contribution is 5.29. The van der Waals surface area contributed by atoms with E-state index in [0.29, 0.717) is 5.75 Å². The summed E-state index contributed by atoms with van der Waals surface area (Å²) in [7, 11) is 1.49. The van der Waals surface area contributed by atoms with Gasteiger partial charge in [-0.15, -0.1) is 0 Å². The summed E-state index contributed by atoms with van der Waals surface area (Å²) in [5, 5.41) is 3.38. The van der Waals surface area contributed by atoms with Gasteiger partial charge in [0.2, 0.25) is 0 Å². The van der Waals surface area contributed by atoms with Crippen molar-refractivity contribution in [3.8, 4) is 5.75 Å². The predicted octanol–water partition coefficient (Wildman–Crippen LogP) is 3.40. The lowest BCUT2D eigenvalue weighted by Gasteiger charge is -2.28. The lowest BCUT2D eigenvalue weighted by Crippen LogP contribution is -2.33. The number of hydrogen-bond donors (Lipinski definition) is 1. The number of rotatable bonds is 7. The Bertz CT molecular complexity index is 381. The second-order valence-corrected chi connectivity index (χ2v) is 5.09. The molecule has 0 amide bonds. The third-order valence-corrected chi connectivity index (χ3v) is 3.50. The van der Waals surface area contributed by atoms with Crippen LogP contribution < -0.4 is 10.1 Å². The van der Waals surface area contributed by atoms with Crippen molar-refractivity contribution in [2.75, 3.05) is 20.2 Å². The van der Waals surface area contributed by atoms with Crippen LogP contribution in [0.2, 0.25) is 0 Å². The van der Waals surface area contributed by atoms with Crippen LogP contribution >= 0.6 is 0 Å². The molecule has 102 valence electrons. The van der Waals surface area contributed by atoms with Crippen LogP contribution in [0.1, 0.15) is 32.8 Å². The Kier molecular flexibility index (Phi) is 5.60. The van der Waals surface area contributed by atoms with Crippen molar-refractivity contribution in [3.63, 3.8) is 0 Å². The van der Waals surface area contributed by atoms with Crippen molar-refractivity contribution in [2.24, 2.45) is 5.41 Å². The topological polar surface area (TPSA) is 21.3 Å². The van der Waals surface area contributed by atoms with Crippen molar-refractivity contribution >= 4 is 0 Å². The molecule has 1 rings (SSSR count). The second kappa shape index (κ2) is 6.74. The molecule has 0 spiro atoms. The molecular weight excluding hydrogens is 229 g/mol. The van der Waals surface area contributed by atoms with E-state index in [1.54, 1.807) is 12.1 Å². The molecule has 0 aromatic heterocycles. The summed E-state index contributed by atoms with van der Waals surface area (Å²) in [6.45, 7) is 8.43. The van der Waals surface area contributed by atoms with Crippen LogP contribution in [0.25, 0.3) is 0 Å². The molecule has 0 saturated heterocycles. The molecular formula is C15H24FNO. The molecule has 1 unspecified atom stereocenters. The highest BCUT2D eigenvalue weighted by Crippen LogP contribution is 2.27. The van der Waals surface area contributed by atoms with Crippen LogP contribution in [0.4, 0.5) is 4.39 Å². The zero-order valence-electron chi connectivity index (χ0n) is 11.8. The third-order valence-electron chi connectivity index (χ3n) is 3.50. The van der Waals surface area contributed by atoms with Crippen molar-refractivity contribution in [2.45, 2.75) is 33.6 Å². The molecule has 0 saturated carbocycles. The fourth-order valence-corrected chi connectivity index (χ4v) is 2.05. The van der Waals surface area contributed by atoms with E-state index >= 15 is 0 Å². The normalized spacial score (nSPS) is 14.3. The minimum atomic E-state index is -0.281. The summed E-state index contributed by atoms with van der Waals surface area (Å²) in [4.78, 5) is 0. The fraction of sp³-hybridized carbons (Fsp3) is 0.600. The van der Waals surface area contributed by atoms with Gasteiger partial charge in [-0.3, -0.25) is 0 Å². The van der Waals surface area contributed by atoms with Gasteiger partial charge in [0.05, 0.1) is 7.11 Å². The molecule has 0 heterocycles. The molecule has 0 bridgehead atoms. The van der Waals surface area contributed by atoms with Crippen LogP contribution in [0.15, 0.2) is 18.2 Å². The first-order chi connectivity index (χ1) is 8.54. The summed E-state index contributed by atoms with van der Waals surface area (Å²) in [6.07, 6.45) is 1.94. The van der Waals surface area contributed by atoms with E-state index in [4.69, 9.17) is 4.74 Å². The van der Waals surface area contributed by atoms with Gasteiger partial charge in [0.15, 0.2) is 11.6 Å². The molecule has 1 atom stereocenters.